The minimum Gasteiger partial charge on any atom is -0.483 e. The van der Waals surface area contributed by atoms with Crippen molar-refractivity contribution in [1.29, 1.82) is 0 Å². The van der Waals surface area contributed by atoms with Crippen molar-refractivity contribution >= 4 is 167 Å². The smallest absolute Gasteiger partial charge is 0.338 e. The van der Waals surface area contributed by atoms with Crippen molar-refractivity contribution < 1.29 is 89.6 Å². The second-order valence-electron chi connectivity index (χ2n) is 37.3. The molecule has 0 bridgehead atoms. The fourth-order valence-corrected chi connectivity index (χ4v) is 18.2. The van der Waals surface area contributed by atoms with E-state index in [1.807, 2.05) is 90.1 Å². The number of esters is 2. The first-order chi connectivity index (χ1) is 69.7. The van der Waals surface area contributed by atoms with Crippen molar-refractivity contribution in [3.05, 3.63) is 280 Å². The number of amides is 8. The zero-order valence-electron chi connectivity index (χ0n) is 85.2. The van der Waals surface area contributed by atoms with Gasteiger partial charge in [-0.05, 0) is 205 Å². The maximum atomic E-state index is 13.9. The molecule has 32 nitrogen and oxygen atoms in total. The lowest BCUT2D eigenvalue weighted by Gasteiger charge is -2.29. The number of urea groups is 1. The van der Waals surface area contributed by atoms with E-state index in [0.717, 1.165) is 63.3 Å². The van der Waals surface area contributed by atoms with Crippen LogP contribution in [0.15, 0.2) is 198 Å². The standard InChI is InChI=1S/C38H52ClN3O7.C26H21Cl3N4O4.C24H27N5O5S.C21H24ClNO3/c1-6-8-9-10-11-12-13-14-15-19-24-49-36(46)28-22-23-29(39)30(25-28)40-33(44)31(32(43)38(3,4)5)42-34(45)35(48-7-2)41(37(42)47)26-27-20-17-16-18-21-27;1-14-6-7-21(15(2)8-14)37-13-23(34)30-18-5-3-4-16(9-18)26(36)31-22-12-24(35)33(32-22)25-19(28)10-17(27)11-20(25)29;1-6-19-21(34-18-11-9-17(10-12-18)24(30)33-5)23-26-25-22(29(23)27-19)16(4)28-35(31,32)20-13-14(2)7-8-15(20)3;1-13-6-9-15(10-7-13)26-18(19(24)21(3,4)5)20(25)23-17-12-14(2)8-11-16(17)22/h16-18,20-23,25,31,35H,6-15,19,24,26H2,1-5H3,(H,40,44);3-11H,12-13H2,1-2H3,(H,30,34)(H,31,32,36);7-13,16,27-28H,6H2,1-5H3;6-12,18H,1-5H3,(H,23,25). The predicted molar refractivity (Wildman–Crippen MR) is 569 cm³/mol. The number of ether oxygens (including phenoxy) is 6. The molecule has 38 heteroatoms. The monoisotopic (exact) mass is 2130 g/mol. The van der Waals surface area contributed by atoms with E-state index in [1.54, 1.807) is 170 Å². The summed E-state index contributed by atoms with van der Waals surface area (Å²) in [6.45, 7) is 29.2. The van der Waals surface area contributed by atoms with Gasteiger partial charge in [0.15, 0.2) is 35.8 Å². The summed E-state index contributed by atoms with van der Waals surface area (Å²) in [4.78, 5) is 145. The van der Waals surface area contributed by atoms with Crippen LogP contribution in [0, 0.1) is 52.4 Å². The fourth-order valence-electron chi connectivity index (χ4n) is 15.3. The van der Waals surface area contributed by atoms with Crippen molar-refractivity contribution in [3.63, 3.8) is 0 Å². The molecule has 2 aromatic heterocycles. The number of sulfonamides is 1. The van der Waals surface area contributed by atoms with Crippen molar-refractivity contribution in [2.24, 2.45) is 15.9 Å². The zero-order valence-corrected chi connectivity index (χ0v) is 89.8. The number of benzene rings is 9. The van der Waals surface area contributed by atoms with Crippen LogP contribution in [-0.2, 0) is 70.8 Å². The summed E-state index contributed by atoms with van der Waals surface area (Å²) >= 11 is 30.9. The van der Waals surface area contributed by atoms with Gasteiger partial charge in [-0.25, -0.2) is 36.9 Å². The largest absolute Gasteiger partial charge is 0.483 e. The maximum Gasteiger partial charge on any atom is 0.338 e. The number of hydrogen-bond acceptors (Lipinski definition) is 22. The molecule has 0 spiro atoms. The molecule has 4 atom stereocenters. The molecule has 0 radical (unpaired) electrons. The number of carbonyl (C=O) groups is 11. The number of aromatic amines is 1. The fraction of sp³-hybridized carbons (Fsp3) is 0.358. The van der Waals surface area contributed by atoms with E-state index in [4.69, 9.17) is 86.4 Å². The summed E-state index contributed by atoms with van der Waals surface area (Å²) in [5.74, 6) is -3.04. The lowest BCUT2D eigenvalue weighted by atomic mass is 9.85. The molecule has 1 saturated heterocycles. The lowest BCUT2D eigenvalue weighted by molar-refractivity contribution is -0.149. The molecule has 780 valence electrons. The molecule has 9 aromatic carbocycles. The van der Waals surface area contributed by atoms with Crippen LogP contribution in [-0.4, -0.2) is 154 Å². The molecule has 13 rings (SSSR count). The van der Waals surface area contributed by atoms with E-state index in [-0.39, 0.29) is 92.8 Å². The number of hydrazone groups is 1. The summed E-state index contributed by atoms with van der Waals surface area (Å²) in [6, 6.07) is 49.2. The Kier molecular flexibility index (Phi) is 41.9. The Labute approximate surface area is 881 Å². The number of anilines is 4. The molecule has 8 amide bonds. The average molecular weight is 2130 g/mol. The van der Waals surface area contributed by atoms with Gasteiger partial charge in [0.1, 0.15) is 28.8 Å². The number of amidine groups is 1. The van der Waals surface area contributed by atoms with Gasteiger partial charge < -0.3 is 49.7 Å². The number of methoxy groups -OCH3 is 1. The number of nitrogens with zero attached hydrogens (tertiary/aromatic N) is 7. The molecular formula is C109H124Cl5N13O19S. The Hall–Kier alpha value is -13.4. The number of nitrogens with one attached hydrogen (secondary N) is 6. The predicted octanol–water partition coefficient (Wildman–Crippen LogP) is 22.7. The topological polar surface area (TPSA) is 405 Å². The van der Waals surface area contributed by atoms with E-state index in [2.05, 4.69) is 53.3 Å². The van der Waals surface area contributed by atoms with Gasteiger partial charge in [-0.2, -0.15) is 10.1 Å². The summed E-state index contributed by atoms with van der Waals surface area (Å²) in [5, 5.41) is 28.6. The number of hydrogen-bond donors (Lipinski definition) is 6. The minimum absolute atomic E-state index is 0.0275. The van der Waals surface area contributed by atoms with Crippen LogP contribution in [0.25, 0.3) is 5.65 Å². The highest BCUT2D eigenvalue weighted by atomic mass is 35.5. The molecule has 4 heterocycles. The molecule has 0 saturated carbocycles. The number of aryl methyl sites for hydroxylation is 7. The highest BCUT2D eigenvalue weighted by molar-refractivity contribution is 7.89. The minimum atomic E-state index is -3.79. The van der Waals surface area contributed by atoms with Crippen LogP contribution in [0.5, 0.6) is 23.0 Å². The number of H-pyrrole nitrogens is 1. The van der Waals surface area contributed by atoms with Crippen LogP contribution in [0.3, 0.4) is 0 Å². The number of ketones is 2. The van der Waals surface area contributed by atoms with E-state index in [0.29, 0.717) is 78.3 Å². The Morgan fingerprint density at radius 3 is 1.78 bits per heavy atom. The SMILES string of the molecule is CCCCCCCCCCCCOC(=O)c1ccc(Cl)c(NC(=O)C(C(=O)C(C)(C)C)N2C(=O)C(OCC)N(Cc3ccccc3)C2=O)c1.CCc1[nH]n2c(C(C)NS(=O)(=O)c3cc(C)ccc3C)nnc2c1Oc1ccc(C(=O)OC)cc1.Cc1ccc(OC(C(=O)Nc2cc(C)ccc2Cl)C(=O)C(C)(C)C)cc1.Cc1ccc(OCC(=O)Nc2cccc(C(=O)NC3=NN(c4c(Cl)cc(Cl)cc4Cl)C(=O)C3)c2)c(C)c1. The average Bonchev–Trinajstić information content (AvgIpc) is 1.54. The third-order valence-corrected chi connectivity index (χ3v) is 26.3. The van der Waals surface area contributed by atoms with Gasteiger partial charge in [-0.3, -0.25) is 48.4 Å². The van der Waals surface area contributed by atoms with Crippen LogP contribution in [0.1, 0.15) is 227 Å². The second-order valence-corrected chi connectivity index (χ2v) is 41.1. The Morgan fingerprint density at radius 2 is 1.15 bits per heavy atom. The third kappa shape index (κ3) is 32.1. The van der Waals surface area contributed by atoms with Gasteiger partial charge in [0.05, 0.1) is 85.9 Å². The van der Waals surface area contributed by atoms with E-state index >= 15 is 0 Å². The van der Waals surface area contributed by atoms with Gasteiger partial charge in [0, 0.05) is 33.7 Å². The first-order valence-corrected chi connectivity index (χ1v) is 51.4. The Balaban J connectivity index is 0.000000205. The van der Waals surface area contributed by atoms with Gasteiger partial charge in [0.2, 0.25) is 28.0 Å². The highest BCUT2D eigenvalue weighted by Crippen LogP contribution is 2.40. The third-order valence-electron chi connectivity index (χ3n) is 23.2. The summed E-state index contributed by atoms with van der Waals surface area (Å²) in [6.07, 6.45) is 9.47. The second kappa shape index (κ2) is 53.3. The molecule has 4 unspecified atom stereocenters. The van der Waals surface area contributed by atoms with Crippen molar-refractivity contribution in [1.82, 2.24) is 39.7 Å². The molecule has 6 N–H and O–H groups in total. The number of fused-ring (bicyclic) bond motifs is 1. The molecule has 2 aliphatic heterocycles. The molecular weight excluding hydrogens is 2000 g/mol. The number of unbranched alkanes of at least 4 members (excludes halogenated alkanes) is 9. The quantitative estimate of drug-likeness (QED) is 0.00902. The van der Waals surface area contributed by atoms with E-state index < -0.39 is 98.6 Å². The summed E-state index contributed by atoms with van der Waals surface area (Å²) in [7, 11) is -2.47. The molecule has 11 aromatic rings. The number of imide groups is 1. The highest BCUT2D eigenvalue weighted by Gasteiger charge is 2.54. The molecule has 2 aliphatic rings. The van der Waals surface area contributed by atoms with Crippen molar-refractivity contribution in [3.8, 4) is 23.0 Å². The van der Waals surface area contributed by atoms with E-state index in [1.165, 1.54) is 93.4 Å². The number of aromatic nitrogens is 4. The Bertz CT molecular complexity index is 6720. The summed E-state index contributed by atoms with van der Waals surface area (Å²) in [5.41, 5.74) is 7.52. The van der Waals surface area contributed by atoms with Crippen LogP contribution >= 0.6 is 58.0 Å². The summed E-state index contributed by atoms with van der Waals surface area (Å²) < 4.78 is 63.7. The molecule has 0 aliphatic carbocycles. The van der Waals surface area contributed by atoms with Crippen LogP contribution in [0.2, 0.25) is 25.1 Å². The zero-order chi connectivity index (χ0) is 107. The van der Waals surface area contributed by atoms with Crippen molar-refractivity contribution in [2.45, 2.75) is 224 Å². The van der Waals surface area contributed by atoms with Gasteiger partial charge in [0.25, 0.3) is 35.4 Å². The lowest BCUT2D eigenvalue weighted by Crippen LogP contribution is -2.55. The van der Waals surface area contributed by atoms with Crippen LogP contribution < -0.4 is 45.2 Å². The Morgan fingerprint density at radius 1 is 0.565 bits per heavy atom. The number of carbonyl (C=O) groups excluding carboxylic acids is 11. The molecule has 147 heavy (non-hydrogen) atoms. The normalized spacial score (nSPS) is 13.6. The first kappa shape index (κ1) is 116. The maximum absolute atomic E-state index is 13.9. The number of halogens is 5. The van der Waals surface area contributed by atoms with Gasteiger partial charge in [-0.15, -0.1) is 10.2 Å². The van der Waals surface area contributed by atoms with Gasteiger partial charge >= 0.3 is 18.0 Å². The van der Waals surface area contributed by atoms with Gasteiger partial charge in [-0.1, -0.05) is 261 Å². The molecule has 1 fully saturated rings. The first-order valence-electron chi connectivity index (χ1n) is 48.1. The number of rotatable bonds is 39. The van der Waals surface area contributed by atoms with E-state index in [9.17, 15) is 61.2 Å². The number of Topliss-reactive ketones (excluding diaryl/α,β-unsaturated/α-hetero) is 2. The van der Waals surface area contributed by atoms with Crippen LogP contribution in [0.4, 0.5) is 27.5 Å². The van der Waals surface area contributed by atoms with Crippen molar-refractivity contribution in [2.75, 3.05) is 47.9 Å².